The van der Waals surface area contributed by atoms with Gasteiger partial charge in [0.2, 0.25) is 0 Å². The molecule has 0 saturated heterocycles. The van der Waals surface area contributed by atoms with Gasteiger partial charge in [0, 0.05) is 5.88 Å². The van der Waals surface area contributed by atoms with Gasteiger partial charge in [-0.3, -0.25) is 0 Å². The van der Waals surface area contributed by atoms with E-state index in [2.05, 4.69) is 10.4 Å². The SMILES string of the molecule is CC(CCl)C(CN=O)N=O. The third-order valence-electron chi connectivity index (χ3n) is 1.30. The molecule has 5 heteroatoms. The van der Waals surface area contributed by atoms with Crippen molar-refractivity contribution in [3.8, 4) is 0 Å². The van der Waals surface area contributed by atoms with Crippen molar-refractivity contribution in [3.05, 3.63) is 9.81 Å². The molecule has 0 aliphatic rings. The van der Waals surface area contributed by atoms with Crippen LogP contribution in [0, 0.1) is 15.7 Å². The van der Waals surface area contributed by atoms with Crippen molar-refractivity contribution in [1.29, 1.82) is 0 Å². The molecule has 0 aromatic rings. The van der Waals surface area contributed by atoms with Crippen molar-refractivity contribution in [3.63, 3.8) is 0 Å². The van der Waals surface area contributed by atoms with Gasteiger partial charge in [0.05, 0.1) is 0 Å². The normalized spacial score (nSPS) is 15.8. The molecule has 2 unspecified atom stereocenters. The number of hydrogen-bond donors (Lipinski definition) is 0. The summed E-state index contributed by atoms with van der Waals surface area (Å²) < 4.78 is 0. The monoisotopic (exact) mass is 164 g/mol. The maximum absolute atomic E-state index is 9.99. The van der Waals surface area contributed by atoms with E-state index in [0.717, 1.165) is 0 Å². The summed E-state index contributed by atoms with van der Waals surface area (Å²) >= 11 is 5.42. The van der Waals surface area contributed by atoms with Crippen LogP contribution in [0.5, 0.6) is 0 Å². The zero-order valence-corrected chi connectivity index (χ0v) is 6.41. The molecule has 58 valence electrons. The summed E-state index contributed by atoms with van der Waals surface area (Å²) in [5, 5.41) is 5.29. The van der Waals surface area contributed by atoms with Crippen molar-refractivity contribution in [2.45, 2.75) is 13.0 Å². The molecule has 0 rings (SSSR count). The quantitative estimate of drug-likeness (QED) is 0.459. The predicted octanol–water partition coefficient (Wildman–Crippen LogP) is 1.76. The molecular weight excluding hydrogens is 156 g/mol. The number of nitrogens with zero attached hydrogens (tertiary/aromatic N) is 2. The molecule has 2 atom stereocenters. The fraction of sp³-hybridized carbons (Fsp3) is 1.00. The van der Waals surface area contributed by atoms with E-state index >= 15 is 0 Å². The molecule has 0 amide bonds. The molecule has 0 aliphatic carbocycles. The Morgan fingerprint density at radius 1 is 1.50 bits per heavy atom. The van der Waals surface area contributed by atoms with Crippen LogP contribution in [0.2, 0.25) is 0 Å². The smallest absolute Gasteiger partial charge is 0.118 e. The molecule has 0 saturated carbocycles. The number of halogens is 1. The fourth-order valence-corrected chi connectivity index (χ4v) is 0.702. The van der Waals surface area contributed by atoms with Crippen LogP contribution in [0.4, 0.5) is 0 Å². The van der Waals surface area contributed by atoms with Crippen LogP contribution in [0.3, 0.4) is 0 Å². The Hall–Kier alpha value is -0.510. The maximum atomic E-state index is 9.99. The van der Waals surface area contributed by atoms with E-state index in [-0.39, 0.29) is 12.5 Å². The zero-order chi connectivity index (χ0) is 7.98. The highest BCUT2D eigenvalue weighted by Gasteiger charge is 2.16. The lowest BCUT2D eigenvalue weighted by molar-refractivity contribution is 0.505. The lowest BCUT2D eigenvalue weighted by Gasteiger charge is -2.09. The molecule has 0 N–H and O–H groups in total. The second-order valence-corrected chi connectivity index (χ2v) is 2.42. The number of nitroso groups, excluding NO2 is 2. The van der Waals surface area contributed by atoms with Crippen LogP contribution in [0.1, 0.15) is 6.92 Å². The van der Waals surface area contributed by atoms with Crippen LogP contribution in [0.15, 0.2) is 10.4 Å². The van der Waals surface area contributed by atoms with E-state index in [1.165, 1.54) is 0 Å². The van der Waals surface area contributed by atoms with Crippen molar-refractivity contribution in [2.75, 3.05) is 12.4 Å². The highest BCUT2D eigenvalue weighted by molar-refractivity contribution is 6.18. The summed E-state index contributed by atoms with van der Waals surface area (Å²) in [6, 6.07) is -0.560. The Bertz CT molecular complexity index is 120. The van der Waals surface area contributed by atoms with Crippen molar-refractivity contribution < 1.29 is 0 Å². The Morgan fingerprint density at radius 2 is 2.10 bits per heavy atom. The maximum Gasteiger partial charge on any atom is 0.118 e. The zero-order valence-electron chi connectivity index (χ0n) is 5.66. The van der Waals surface area contributed by atoms with Crippen LogP contribution < -0.4 is 0 Å². The van der Waals surface area contributed by atoms with E-state index in [1.54, 1.807) is 6.92 Å². The van der Waals surface area contributed by atoms with Crippen LogP contribution >= 0.6 is 11.6 Å². The van der Waals surface area contributed by atoms with Gasteiger partial charge in [-0.25, -0.2) is 0 Å². The molecule has 0 bridgehead atoms. The van der Waals surface area contributed by atoms with Gasteiger partial charge < -0.3 is 0 Å². The number of alkyl halides is 1. The minimum absolute atomic E-state index is 0.0720. The average molecular weight is 165 g/mol. The molecule has 0 aromatic heterocycles. The number of rotatable bonds is 5. The Labute approximate surface area is 63.9 Å². The first-order valence-corrected chi connectivity index (χ1v) is 3.47. The van der Waals surface area contributed by atoms with Crippen LogP contribution in [-0.2, 0) is 0 Å². The summed E-state index contributed by atoms with van der Waals surface area (Å²) in [5.41, 5.74) is 0. The van der Waals surface area contributed by atoms with E-state index < -0.39 is 6.04 Å². The summed E-state index contributed by atoms with van der Waals surface area (Å²) in [5.74, 6) is 0.253. The highest BCUT2D eigenvalue weighted by atomic mass is 35.5. The van der Waals surface area contributed by atoms with Gasteiger partial charge >= 0.3 is 0 Å². The minimum Gasteiger partial charge on any atom is -0.151 e. The van der Waals surface area contributed by atoms with E-state index in [0.29, 0.717) is 5.88 Å². The van der Waals surface area contributed by atoms with E-state index in [9.17, 15) is 9.81 Å². The summed E-state index contributed by atoms with van der Waals surface area (Å²) in [6.45, 7) is 1.68. The second kappa shape index (κ2) is 5.29. The topological polar surface area (TPSA) is 58.9 Å². The van der Waals surface area contributed by atoms with Gasteiger partial charge in [-0.15, -0.1) is 11.6 Å². The lowest BCUT2D eigenvalue weighted by atomic mass is 10.1. The Kier molecular flexibility index (Phi) is 5.02. The molecule has 10 heavy (non-hydrogen) atoms. The fourth-order valence-electron chi connectivity index (χ4n) is 0.496. The van der Waals surface area contributed by atoms with E-state index in [4.69, 9.17) is 11.6 Å². The number of hydrogen-bond acceptors (Lipinski definition) is 4. The first-order valence-electron chi connectivity index (χ1n) is 2.93. The molecule has 0 radical (unpaired) electrons. The Morgan fingerprint density at radius 3 is 2.40 bits per heavy atom. The lowest BCUT2D eigenvalue weighted by Crippen LogP contribution is -2.19. The van der Waals surface area contributed by atoms with Gasteiger partial charge in [0.25, 0.3) is 0 Å². The third-order valence-corrected chi connectivity index (χ3v) is 1.78. The standard InChI is InChI=1S/C5H9ClN2O2/c1-4(2-6)5(8-10)3-7-9/h4-5H,2-3H2,1H3. The van der Waals surface area contributed by atoms with Gasteiger partial charge in [0.15, 0.2) is 0 Å². The van der Waals surface area contributed by atoms with Crippen LogP contribution in [0.25, 0.3) is 0 Å². The first kappa shape index (κ1) is 9.49. The van der Waals surface area contributed by atoms with Gasteiger partial charge in [-0.1, -0.05) is 17.3 Å². The van der Waals surface area contributed by atoms with E-state index in [1.807, 2.05) is 0 Å². The van der Waals surface area contributed by atoms with Crippen molar-refractivity contribution in [2.24, 2.45) is 16.3 Å². The molecule has 4 nitrogen and oxygen atoms in total. The highest BCUT2D eigenvalue weighted by Crippen LogP contribution is 2.08. The predicted molar refractivity (Wildman–Crippen MR) is 40.1 cm³/mol. The van der Waals surface area contributed by atoms with Crippen molar-refractivity contribution in [1.82, 2.24) is 0 Å². The minimum atomic E-state index is -0.560. The summed E-state index contributed by atoms with van der Waals surface area (Å²) in [6.07, 6.45) is 0. The summed E-state index contributed by atoms with van der Waals surface area (Å²) in [4.78, 5) is 19.7. The molecule has 0 aromatic carbocycles. The van der Waals surface area contributed by atoms with Gasteiger partial charge in [0.1, 0.15) is 12.6 Å². The molecule has 0 fully saturated rings. The van der Waals surface area contributed by atoms with Gasteiger partial charge in [-0.2, -0.15) is 9.81 Å². The third kappa shape index (κ3) is 2.87. The van der Waals surface area contributed by atoms with Crippen molar-refractivity contribution >= 4 is 11.6 Å². The Balaban J connectivity index is 3.78. The largest absolute Gasteiger partial charge is 0.151 e. The van der Waals surface area contributed by atoms with Gasteiger partial charge in [-0.05, 0) is 5.92 Å². The first-order chi connectivity index (χ1) is 4.76. The molecule has 0 aliphatic heterocycles. The molecular formula is C5H9ClN2O2. The molecule has 0 spiro atoms. The second-order valence-electron chi connectivity index (χ2n) is 2.12. The van der Waals surface area contributed by atoms with Crippen LogP contribution in [-0.4, -0.2) is 18.5 Å². The molecule has 0 heterocycles. The average Bonchev–Trinajstić information content (AvgIpc) is 1.99. The summed E-state index contributed by atoms with van der Waals surface area (Å²) in [7, 11) is 0.